The number of thiophene rings is 1. The maximum absolute atomic E-state index is 12.8. The van der Waals surface area contributed by atoms with Crippen LogP contribution in [0.4, 0.5) is 0 Å². The van der Waals surface area contributed by atoms with Crippen molar-refractivity contribution in [1.82, 2.24) is 15.3 Å². The van der Waals surface area contributed by atoms with Crippen molar-refractivity contribution in [3.05, 3.63) is 88.4 Å². The zero-order valence-corrected chi connectivity index (χ0v) is 26.2. The third kappa shape index (κ3) is 9.22. The minimum Gasteiger partial charge on any atom is -0.494 e. The van der Waals surface area contributed by atoms with Gasteiger partial charge in [0.2, 0.25) is 0 Å². The van der Waals surface area contributed by atoms with E-state index < -0.39 is 12.0 Å². The fourth-order valence-corrected chi connectivity index (χ4v) is 5.55. The van der Waals surface area contributed by atoms with Crippen molar-refractivity contribution in [1.29, 1.82) is 0 Å². The van der Waals surface area contributed by atoms with Gasteiger partial charge in [0.1, 0.15) is 11.8 Å². The Morgan fingerprint density at radius 2 is 1.51 bits per heavy atom. The molecule has 0 unspecified atom stereocenters. The normalized spacial score (nSPS) is 12.1. The molecule has 0 saturated heterocycles. The SMILES string of the molecule is CCCCCCCOc1ccc(-c2cnc(-c3ccc(C[C@H](NC(=O)c4ccc(C(C)(C)C)s4)C(=O)O)cc3)nc2)cc1. The average Bonchev–Trinajstić information content (AvgIpc) is 3.51. The summed E-state index contributed by atoms with van der Waals surface area (Å²) in [4.78, 5) is 35.4. The molecule has 2 heterocycles. The highest BCUT2D eigenvalue weighted by molar-refractivity contribution is 7.14. The van der Waals surface area contributed by atoms with Gasteiger partial charge in [0.15, 0.2) is 5.82 Å². The average molecular weight is 600 g/mol. The van der Waals surface area contributed by atoms with Crippen LogP contribution < -0.4 is 10.1 Å². The molecule has 1 atom stereocenters. The van der Waals surface area contributed by atoms with Crippen LogP contribution in [0.5, 0.6) is 5.75 Å². The lowest BCUT2D eigenvalue weighted by molar-refractivity contribution is -0.139. The monoisotopic (exact) mass is 599 g/mol. The number of nitrogens with one attached hydrogen (secondary N) is 1. The van der Waals surface area contributed by atoms with Crippen LogP contribution in [-0.4, -0.2) is 39.6 Å². The predicted molar refractivity (Wildman–Crippen MR) is 173 cm³/mol. The van der Waals surface area contributed by atoms with Crippen LogP contribution in [0.15, 0.2) is 73.1 Å². The molecule has 4 aromatic rings. The fraction of sp³-hybridized carbons (Fsp3) is 0.371. The molecule has 2 aromatic heterocycles. The molecule has 2 N–H and O–H groups in total. The van der Waals surface area contributed by atoms with Gasteiger partial charge in [-0.1, -0.05) is 89.8 Å². The standard InChI is InChI=1S/C35H41N3O4S/c1-5-6-7-8-9-20-42-28-16-14-25(15-17-28)27-22-36-32(37-23-27)26-12-10-24(11-13-26)21-29(34(40)41)38-33(39)30-18-19-31(43-30)35(2,3)4/h10-19,22-23,29H,5-9,20-21H2,1-4H3,(H,38,39)(H,40,41)/t29-/m0/s1. The summed E-state index contributed by atoms with van der Waals surface area (Å²) in [5.74, 6) is -0.0135. The molecule has 8 heteroatoms. The summed E-state index contributed by atoms with van der Waals surface area (Å²) in [6.45, 7) is 9.19. The van der Waals surface area contributed by atoms with Crippen LogP contribution in [-0.2, 0) is 16.6 Å². The topological polar surface area (TPSA) is 101 Å². The summed E-state index contributed by atoms with van der Waals surface area (Å²) < 4.78 is 5.87. The van der Waals surface area contributed by atoms with Crippen molar-refractivity contribution in [3.8, 4) is 28.3 Å². The summed E-state index contributed by atoms with van der Waals surface area (Å²) >= 11 is 1.39. The quantitative estimate of drug-likeness (QED) is 0.143. The Balaban J connectivity index is 1.32. The van der Waals surface area contributed by atoms with Gasteiger partial charge in [0.05, 0.1) is 11.5 Å². The van der Waals surface area contributed by atoms with Crippen LogP contribution in [0.2, 0.25) is 0 Å². The zero-order valence-electron chi connectivity index (χ0n) is 25.4. The van der Waals surface area contributed by atoms with Crippen molar-refractivity contribution in [2.45, 2.75) is 77.7 Å². The Labute approximate surface area is 258 Å². The van der Waals surface area contributed by atoms with Gasteiger partial charge in [-0.15, -0.1) is 11.3 Å². The van der Waals surface area contributed by atoms with E-state index in [4.69, 9.17) is 4.74 Å². The van der Waals surface area contributed by atoms with Crippen molar-refractivity contribution in [2.24, 2.45) is 0 Å². The maximum atomic E-state index is 12.8. The molecular formula is C35H41N3O4S. The third-order valence-electron chi connectivity index (χ3n) is 7.18. The van der Waals surface area contributed by atoms with Crippen molar-refractivity contribution < 1.29 is 19.4 Å². The predicted octanol–water partition coefficient (Wildman–Crippen LogP) is 7.94. The molecule has 226 valence electrons. The Morgan fingerprint density at radius 3 is 2.12 bits per heavy atom. The van der Waals surface area contributed by atoms with Gasteiger partial charge in [-0.25, -0.2) is 14.8 Å². The minimum atomic E-state index is -1.08. The highest BCUT2D eigenvalue weighted by atomic mass is 32.1. The molecule has 0 saturated carbocycles. The lowest BCUT2D eigenvalue weighted by atomic mass is 9.95. The number of carboxylic acid groups (broad SMARTS) is 1. The summed E-state index contributed by atoms with van der Waals surface area (Å²) in [6.07, 6.45) is 9.82. The van der Waals surface area contributed by atoms with Gasteiger partial charge >= 0.3 is 5.97 Å². The van der Waals surface area contributed by atoms with Crippen molar-refractivity contribution in [2.75, 3.05) is 6.61 Å². The molecule has 0 aliphatic carbocycles. The van der Waals surface area contributed by atoms with Crippen LogP contribution in [0.25, 0.3) is 22.5 Å². The van der Waals surface area contributed by atoms with E-state index in [1.54, 1.807) is 18.5 Å². The van der Waals surface area contributed by atoms with Crippen LogP contribution in [0.1, 0.15) is 79.9 Å². The minimum absolute atomic E-state index is 0.0745. The first kappa shape index (κ1) is 31.9. The number of hydrogen-bond acceptors (Lipinski definition) is 6. The highest BCUT2D eigenvalue weighted by Gasteiger charge is 2.24. The molecule has 0 bridgehead atoms. The summed E-state index contributed by atoms with van der Waals surface area (Å²) in [5.41, 5.74) is 3.46. The number of benzene rings is 2. The Bertz CT molecular complexity index is 1470. The number of aliphatic carboxylic acids is 1. The summed E-state index contributed by atoms with van der Waals surface area (Å²) in [5, 5.41) is 12.4. The van der Waals surface area contributed by atoms with Gasteiger partial charge < -0.3 is 15.2 Å². The van der Waals surface area contributed by atoms with Crippen LogP contribution >= 0.6 is 11.3 Å². The number of ether oxygens (including phenoxy) is 1. The molecule has 1 amide bonds. The van der Waals surface area contributed by atoms with Crippen LogP contribution in [0.3, 0.4) is 0 Å². The molecule has 0 aliphatic rings. The first-order valence-corrected chi connectivity index (χ1v) is 15.7. The molecule has 0 radical (unpaired) electrons. The fourth-order valence-electron chi connectivity index (χ4n) is 4.58. The lowest BCUT2D eigenvalue weighted by Crippen LogP contribution is -2.42. The number of carboxylic acids is 1. The second-order valence-electron chi connectivity index (χ2n) is 11.8. The van der Waals surface area contributed by atoms with Crippen LogP contribution in [0, 0.1) is 0 Å². The largest absolute Gasteiger partial charge is 0.494 e. The first-order chi connectivity index (χ1) is 20.6. The number of nitrogens with zero attached hydrogens (tertiary/aromatic N) is 2. The second-order valence-corrected chi connectivity index (χ2v) is 12.8. The summed E-state index contributed by atoms with van der Waals surface area (Å²) in [6, 6.07) is 18.0. The van der Waals surface area contributed by atoms with Crippen molar-refractivity contribution >= 4 is 23.2 Å². The first-order valence-electron chi connectivity index (χ1n) is 14.9. The highest BCUT2D eigenvalue weighted by Crippen LogP contribution is 2.29. The van der Waals surface area contributed by atoms with E-state index >= 15 is 0 Å². The Hall–Kier alpha value is -4.04. The third-order valence-corrected chi connectivity index (χ3v) is 8.69. The Kier molecular flexibility index (Phi) is 11.1. The smallest absolute Gasteiger partial charge is 0.326 e. The second kappa shape index (κ2) is 14.9. The van der Waals surface area contributed by atoms with Gasteiger partial charge in [-0.3, -0.25) is 4.79 Å². The number of carbonyl (C=O) groups excluding carboxylic acids is 1. The van der Waals surface area contributed by atoms with Gasteiger partial charge in [0.25, 0.3) is 5.91 Å². The molecule has 2 aromatic carbocycles. The van der Waals surface area contributed by atoms with E-state index in [1.807, 2.05) is 54.6 Å². The summed E-state index contributed by atoms with van der Waals surface area (Å²) in [7, 11) is 0. The number of carbonyl (C=O) groups is 2. The number of aromatic nitrogens is 2. The van der Waals surface area contributed by atoms with E-state index in [9.17, 15) is 14.7 Å². The Morgan fingerprint density at radius 1 is 0.860 bits per heavy atom. The molecule has 0 fully saturated rings. The van der Waals surface area contributed by atoms with E-state index in [0.29, 0.717) is 10.7 Å². The van der Waals surface area contributed by atoms with Gasteiger partial charge in [-0.2, -0.15) is 0 Å². The number of unbranched alkanes of at least 4 members (excludes halogenated alkanes) is 4. The van der Waals surface area contributed by atoms with Gasteiger partial charge in [-0.05, 0) is 47.2 Å². The molecule has 7 nitrogen and oxygen atoms in total. The molecule has 4 rings (SSSR count). The van der Waals surface area contributed by atoms with E-state index in [2.05, 4.69) is 43.0 Å². The van der Waals surface area contributed by atoms with E-state index in [0.717, 1.165) is 45.9 Å². The zero-order chi connectivity index (χ0) is 30.8. The number of amides is 1. The number of rotatable bonds is 14. The van der Waals surface area contributed by atoms with E-state index in [-0.39, 0.29) is 17.7 Å². The molecule has 0 spiro atoms. The lowest BCUT2D eigenvalue weighted by Gasteiger charge is -2.16. The van der Waals surface area contributed by atoms with Gasteiger partial charge in [0, 0.05) is 34.8 Å². The molecule has 43 heavy (non-hydrogen) atoms. The number of hydrogen-bond donors (Lipinski definition) is 2. The van der Waals surface area contributed by atoms with Crippen molar-refractivity contribution in [3.63, 3.8) is 0 Å². The maximum Gasteiger partial charge on any atom is 0.326 e. The molecular weight excluding hydrogens is 558 g/mol. The molecule has 0 aliphatic heterocycles. The van der Waals surface area contributed by atoms with E-state index in [1.165, 1.54) is 37.0 Å².